The molecule has 0 aromatic heterocycles. The van der Waals surface area contributed by atoms with Gasteiger partial charge in [0.25, 0.3) is 5.91 Å². The molecule has 1 heterocycles. The van der Waals surface area contributed by atoms with Crippen LogP contribution in [0.5, 0.6) is 0 Å². The second-order valence-electron chi connectivity index (χ2n) is 9.85. The number of hydrogen-bond acceptors (Lipinski definition) is 3. The molecule has 0 atom stereocenters. The first kappa shape index (κ1) is 24.2. The molecule has 192 valence electrons. The summed E-state index contributed by atoms with van der Waals surface area (Å²) in [7, 11) is 0. The van der Waals surface area contributed by atoms with Crippen LogP contribution in [0.25, 0.3) is 32.7 Å². The molecule has 0 saturated carbocycles. The topological polar surface area (TPSA) is 66.4 Å². The van der Waals surface area contributed by atoms with Gasteiger partial charge in [0.05, 0.1) is 11.3 Å². The Bertz CT molecular complexity index is 2000. The van der Waals surface area contributed by atoms with E-state index in [1.165, 1.54) is 10.5 Å². The highest BCUT2D eigenvalue weighted by Gasteiger charge is 2.24. The highest BCUT2D eigenvalue weighted by molar-refractivity contribution is 7.99. The van der Waals surface area contributed by atoms with Gasteiger partial charge in [-0.15, -0.1) is 0 Å². The summed E-state index contributed by atoms with van der Waals surface area (Å²) in [5.74, 6) is -1.23. The number of hydrogen-bond donors (Lipinski definition) is 2. The predicted octanol–water partition coefficient (Wildman–Crippen LogP) is 8.67. The van der Waals surface area contributed by atoms with Crippen molar-refractivity contribution in [3.8, 4) is 11.1 Å². The van der Waals surface area contributed by atoms with Gasteiger partial charge in [0, 0.05) is 38.3 Å². The summed E-state index contributed by atoms with van der Waals surface area (Å²) in [6.07, 6.45) is 0.678. The third-order valence-electron chi connectivity index (χ3n) is 7.53. The first-order valence-corrected chi connectivity index (χ1v) is 13.9. The molecule has 2 N–H and O–H groups in total. The number of carboxylic acids is 1. The molecule has 6 aromatic rings. The molecule has 0 bridgehead atoms. The van der Waals surface area contributed by atoms with Crippen LogP contribution in [0.3, 0.4) is 0 Å². The van der Waals surface area contributed by atoms with E-state index < -0.39 is 5.97 Å². The maximum absolute atomic E-state index is 14.1. The molecule has 0 fully saturated rings. The second kappa shape index (κ2) is 9.70. The van der Waals surface area contributed by atoms with Crippen LogP contribution in [0.1, 0.15) is 31.8 Å². The standard InChI is InChI=1S/C35H23NO3S/c37-34(26-13-7-15-31-29(26)20-23-10-3-6-14-30(23)40-31)36-33-25-12-5-2-9-22(25)16-18-27(33)32-24-11-4-1-8-21(24)17-19-28(32)35(38)39/h1-19H,20H2,(H,36,37)(H,38,39). The van der Waals surface area contributed by atoms with Crippen LogP contribution in [0.15, 0.2) is 125 Å². The number of carbonyl (C=O) groups excluding carboxylic acids is 1. The Morgan fingerprint density at radius 2 is 1.32 bits per heavy atom. The number of anilines is 1. The number of nitrogens with one attached hydrogen (secondary N) is 1. The Hall–Kier alpha value is -4.87. The fourth-order valence-electron chi connectivity index (χ4n) is 5.65. The number of rotatable bonds is 4. The van der Waals surface area contributed by atoms with Gasteiger partial charge in [-0.1, -0.05) is 103 Å². The van der Waals surface area contributed by atoms with Crippen molar-refractivity contribution in [1.29, 1.82) is 0 Å². The SMILES string of the molecule is O=C(Nc1c(-c2c(C(=O)O)ccc3ccccc23)ccc2ccccc12)c1cccc2c1Cc1ccccc1S2. The minimum Gasteiger partial charge on any atom is -0.478 e. The Balaban J connectivity index is 1.41. The smallest absolute Gasteiger partial charge is 0.336 e. The highest BCUT2D eigenvalue weighted by Crippen LogP contribution is 2.43. The number of carboxylic acid groups (broad SMARTS) is 1. The van der Waals surface area contributed by atoms with Crippen molar-refractivity contribution in [1.82, 2.24) is 0 Å². The molecule has 1 aliphatic heterocycles. The molecule has 0 unspecified atom stereocenters. The number of amides is 1. The summed E-state index contributed by atoms with van der Waals surface area (Å²) in [6, 6.07) is 37.1. The maximum Gasteiger partial charge on any atom is 0.336 e. The lowest BCUT2D eigenvalue weighted by Gasteiger charge is -2.22. The summed E-state index contributed by atoms with van der Waals surface area (Å²) in [6.45, 7) is 0. The Labute approximate surface area is 235 Å². The van der Waals surface area contributed by atoms with E-state index in [1.807, 2.05) is 91.0 Å². The lowest BCUT2D eigenvalue weighted by molar-refractivity contribution is 0.0697. The molecule has 0 saturated heterocycles. The fourth-order valence-corrected chi connectivity index (χ4v) is 6.76. The average molecular weight is 538 g/mol. The quantitative estimate of drug-likeness (QED) is 0.236. The van der Waals surface area contributed by atoms with Gasteiger partial charge in [-0.2, -0.15) is 0 Å². The maximum atomic E-state index is 14.1. The minimum absolute atomic E-state index is 0.189. The molecule has 7 rings (SSSR count). The van der Waals surface area contributed by atoms with Crippen molar-refractivity contribution in [3.05, 3.63) is 138 Å². The van der Waals surface area contributed by atoms with Crippen molar-refractivity contribution in [2.75, 3.05) is 5.32 Å². The van der Waals surface area contributed by atoms with Gasteiger partial charge < -0.3 is 10.4 Å². The monoisotopic (exact) mass is 537 g/mol. The first-order chi connectivity index (χ1) is 19.6. The lowest BCUT2D eigenvalue weighted by Crippen LogP contribution is -2.17. The van der Waals surface area contributed by atoms with Crippen LogP contribution in [0.2, 0.25) is 0 Å². The Morgan fingerprint density at radius 1 is 0.650 bits per heavy atom. The number of aromatic carboxylic acids is 1. The lowest BCUT2D eigenvalue weighted by atomic mass is 9.90. The van der Waals surface area contributed by atoms with Gasteiger partial charge in [0.2, 0.25) is 0 Å². The molecular formula is C35H23NO3S. The summed E-state index contributed by atoms with van der Waals surface area (Å²) >= 11 is 1.68. The zero-order valence-electron chi connectivity index (χ0n) is 21.3. The summed E-state index contributed by atoms with van der Waals surface area (Å²) in [5.41, 5.74) is 4.87. The van der Waals surface area contributed by atoms with Gasteiger partial charge in [0.1, 0.15) is 0 Å². The molecule has 0 radical (unpaired) electrons. The van der Waals surface area contributed by atoms with Crippen molar-refractivity contribution < 1.29 is 14.7 Å². The first-order valence-electron chi connectivity index (χ1n) is 13.0. The van der Waals surface area contributed by atoms with E-state index >= 15 is 0 Å². The fraction of sp³-hybridized carbons (Fsp3) is 0.0286. The third-order valence-corrected chi connectivity index (χ3v) is 8.75. The van der Waals surface area contributed by atoms with Crippen molar-refractivity contribution in [2.45, 2.75) is 16.2 Å². The Kier molecular flexibility index (Phi) is 5.87. The molecule has 6 aromatic carbocycles. The van der Waals surface area contributed by atoms with Gasteiger partial charge >= 0.3 is 5.97 Å². The van der Waals surface area contributed by atoms with Gasteiger partial charge in [-0.05, 0) is 51.6 Å². The van der Waals surface area contributed by atoms with E-state index in [2.05, 4.69) is 23.5 Å². The predicted molar refractivity (Wildman–Crippen MR) is 162 cm³/mol. The van der Waals surface area contributed by atoms with Crippen LogP contribution in [-0.2, 0) is 6.42 Å². The molecule has 0 aliphatic carbocycles. The van der Waals surface area contributed by atoms with Crippen LogP contribution < -0.4 is 5.32 Å². The van der Waals surface area contributed by atoms with Crippen LogP contribution in [-0.4, -0.2) is 17.0 Å². The van der Waals surface area contributed by atoms with Crippen molar-refractivity contribution in [2.24, 2.45) is 0 Å². The van der Waals surface area contributed by atoms with Gasteiger partial charge in [-0.25, -0.2) is 4.79 Å². The third kappa shape index (κ3) is 4.03. The molecule has 4 nitrogen and oxygen atoms in total. The van der Waals surface area contributed by atoms with Crippen LogP contribution in [0, 0.1) is 0 Å². The van der Waals surface area contributed by atoms with E-state index in [0.29, 0.717) is 28.8 Å². The zero-order chi connectivity index (χ0) is 27.2. The number of fused-ring (bicyclic) bond motifs is 4. The van der Waals surface area contributed by atoms with E-state index in [9.17, 15) is 14.7 Å². The van der Waals surface area contributed by atoms with Gasteiger partial charge in [0.15, 0.2) is 0 Å². The van der Waals surface area contributed by atoms with E-state index in [1.54, 1.807) is 17.8 Å². The minimum atomic E-state index is -1.01. The van der Waals surface area contributed by atoms with E-state index in [4.69, 9.17) is 0 Å². The molecule has 0 spiro atoms. The van der Waals surface area contributed by atoms with Crippen LogP contribution in [0.4, 0.5) is 5.69 Å². The highest BCUT2D eigenvalue weighted by atomic mass is 32.2. The number of benzene rings is 6. The normalized spacial score (nSPS) is 12.1. The molecule has 1 amide bonds. The molecule has 5 heteroatoms. The molecule has 40 heavy (non-hydrogen) atoms. The van der Waals surface area contributed by atoms with E-state index in [-0.39, 0.29) is 11.5 Å². The molecular weight excluding hydrogens is 514 g/mol. The summed E-state index contributed by atoms with van der Waals surface area (Å²) < 4.78 is 0. The molecule has 1 aliphatic rings. The van der Waals surface area contributed by atoms with Crippen LogP contribution >= 0.6 is 11.8 Å². The van der Waals surface area contributed by atoms with Crippen molar-refractivity contribution >= 4 is 50.9 Å². The summed E-state index contributed by atoms with van der Waals surface area (Å²) in [5, 5.41) is 17.0. The summed E-state index contributed by atoms with van der Waals surface area (Å²) in [4.78, 5) is 28.8. The zero-order valence-corrected chi connectivity index (χ0v) is 22.2. The average Bonchev–Trinajstić information content (AvgIpc) is 2.99. The largest absolute Gasteiger partial charge is 0.478 e. The number of carbonyl (C=O) groups is 2. The van der Waals surface area contributed by atoms with E-state index in [0.717, 1.165) is 32.0 Å². The second-order valence-corrected chi connectivity index (χ2v) is 10.9. The van der Waals surface area contributed by atoms with Crippen molar-refractivity contribution in [3.63, 3.8) is 0 Å². The Morgan fingerprint density at radius 3 is 2.15 bits per heavy atom. The van der Waals surface area contributed by atoms with Gasteiger partial charge in [-0.3, -0.25) is 4.79 Å².